The van der Waals surface area contributed by atoms with Crippen LogP contribution in [0.25, 0.3) is 0 Å². The number of nitrogens with zero attached hydrogens (tertiary/aromatic N) is 4. The van der Waals surface area contributed by atoms with Crippen molar-refractivity contribution in [1.29, 1.82) is 0 Å². The first-order valence-corrected chi connectivity index (χ1v) is 6.10. The van der Waals surface area contributed by atoms with Crippen molar-refractivity contribution in [2.75, 3.05) is 32.8 Å². The molecule has 102 valence electrons. The maximum Gasteiger partial charge on any atom is 0.358 e. The van der Waals surface area contributed by atoms with Gasteiger partial charge < -0.3 is 9.84 Å². The summed E-state index contributed by atoms with van der Waals surface area (Å²) >= 11 is 0. The summed E-state index contributed by atoms with van der Waals surface area (Å²) in [7, 11) is 0. The lowest BCUT2D eigenvalue weighted by Crippen LogP contribution is -2.31. The summed E-state index contributed by atoms with van der Waals surface area (Å²) < 4.78 is 6.85. The number of carboxylic acid groups (broad SMARTS) is 1. The Morgan fingerprint density at radius 2 is 2.28 bits per heavy atom. The molecule has 0 radical (unpaired) electrons. The number of carboxylic acids is 1. The third kappa shape index (κ3) is 4.80. The van der Waals surface area contributed by atoms with Gasteiger partial charge in [0.2, 0.25) is 0 Å². The van der Waals surface area contributed by atoms with E-state index in [2.05, 4.69) is 22.1 Å². The minimum absolute atomic E-state index is 0.0210. The molecule has 0 fully saturated rings. The van der Waals surface area contributed by atoms with E-state index < -0.39 is 5.97 Å². The van der Waals surface area contributed by atoms with Crippen molar-refractivity contribution in [1.82, 2.24) is 19.9 Å². The van der Waals surface area contributed by atoms with E-state index >= 15 is 0 Å². The summed E-state index contributed by atoms with van der Waals surface area (Å²) in [5, 5.41) is 16.1. The topological polar surface area (TPSA) is 80.5 Å². The molecule has 0 saturated carbocycles. The number of rotatable bonds is 9. The summed E-state index contributed by atoms with van der Waals surface area (Å²) in [5.74, 6) is -1.05. The van der Waals surface area contributed by atoms with Crippen LogP contribution in [0.1, 0.15) is 24.3 Å². The van der Waals surface area contributed by atoms with Gasteiger partial charge in [0.15, 0.2) is 5.69 Å². The van der Waals surface area contributed by atoms with Gasteiger partial charge in [-0.1, -0.05) is 12.1 Å². The van der Waals surface area contributed by atoms with Crippen molar-refractivity contribution >= 4 is 5.97 Å². The normalized spacial score (nSPS) is 11.1. The van der Waals surface area contributed by atoms with Crippen LogP contribution < -0.4 is 0 Å². The van der Waals surface area contributed by atoms with Gasteiger partial charge in [-0.05, 0) is 13.5 Å². The Kier molecular flexibility index (Phi) is 6.31. The predicted octanol–water partition coefficient (Wildman–Crippen LogP) is 0.335. The fourth-order valence-electron chi connectivity index (χ4n) is 1.52. The van der Waals surface area contributed by atoms with Crippen LogP contribution in [-0.4, -0.2) is 63.8 Å². The Labute approximate surface area is 106 Å². The summed E-state index contributed by atoms with van der Waals surface area (Å²) in [4.78, 5) is 12.9. The SMILES string of the molecule is CCOCCN(CC)CCn1cc(C(=O)O)nn1. The minimum atomic E-state index is -1.05. The molecule has 0 aliphatic heterocycles. The van der Waals surface area contributed by atoms with Crippen LogP contribution in [-0.2, 0) is 11.3 Å². The van der Waals surface area contributed by atoms with Gasteiger partial charge in [-0.25, -0.2) is 4.79 Å². The molecular weight excluding hydrogens is 236 g/mol. The molecule has 7 heteroatoms. The summed E-state index contributed by atoms with van der Waals surface area (Å²) in [6.07, 6.45) is 1.44. The van der Waals surface area contributed by atoms with Crippen LogP contribution in [0.2, 0.25) is 0 Å². The molecule has 0 aliphatic carbocycles. The molecule has 1 N–H and O–H groups in total. The first-order chi connectivity index (χ1) is 8.67. The quantitative estimate of drug-likeness (QED) is 0.641. The lowest BCUT2D eigenvalue weighted by molar-refractivity contribution is 0.0690. The maximum atomic E-state index is 10.6. The van der Waals surface area contributed by atoms with Crippen LogP contribution in [0.15, 0.2) is 6.20 Å². The smallest absolute Gasteiger partial charge is 0.358 e. The van der Waals surface area contributed by atoms with E-state index in [1.807, 2.05) is 6.92 Å². The first-order valence-electron chi connectivity index (χ1n) is 6.10. The largest absolute Gasteiger partial charge is 0.476 e. The van der Waals surface area contributed by atoms with E-state index in [9.17, 15) is 4.79 Å². The maximum absolute atomic E-state index is 10.6. The molecule has 0 saturated heterocycles. The Morgan fingerprint density at radius 1 is 1.50 bits per heavy atom. The van der Waals surface area contributed by atoms with Crippen LogP contribution in [0, 0.1) is 0 Å². The van der Waals surface area contributed by atoms with Gasteiger partial charge >= 0.3 is 5.97 Å². The van der Waals surface area contributed by atoms with Crippen molar-refractivity contribution in [3.8, 4) is 0 Å². The molecule has 0 atom stereocenters. The monoisotopic (exact) mass is 256 g/mol. The number of hydrogen-bond donors (Lipinski definition) is 1. The lowest BCUT2D eigenvalue weighted by atomic mass is 10.4. The van der Waals surface area contributed by atoms with Gasteiger partial charge in [-0.3, -0.25) is 9.58 Å². The molecule has 0 unspecified atom stereocenters. The average molecular weight is 256 g/mol. The predicted molar refractivity (Wildman–Crippen MR) is 65.6 cm³/mol. The Hall–Kier alpha value is -1.47. The number of aromatic carboxylic acids is 1. The van der Waals surface area contributed by atoms with E-state index in [-0.39, 0.29) is 5.69 Å². The second kappa shape index (κ2) is 7.78. The molecule has 1 heterocycles. The van der Waals surface area contributed by atoms with Crippen molar-refractivity contribution in [2.45, 2.75) is 20.4 Å². The van der Waals surface area contributed by atoms with Crippen molar-refractivity contribution in [3.63, 3.8) is 0 Å². The molecule has 0 aromatic carbocycles. The summed E-state index contributed by atoms with van der Waals surface area (Å²) in [5.41, 5.74) is -0.0210. The Balaban J connectivity index is 2.34. The minimum Gasteiger partial charge on any atom is -0.476 e. The molecule has 0 amide bonds. The Morgan fingerprint density at radius 3 is 2.83 bits per heavy atom. The average Bonchev–Trinajstić information content (AvgIpc) is 2.82. The van der Waals surface area contributed by atoms with Gasteiger partial charge in [0.1, 0.15) is 0 Å². The second-order valence-corrected chi connectivity index (χ2v) is 3.80. The van der Waals surface area contributed by atoms with E-state index in [1.165, 1.54) is 6.20 Å². The number of carbonyl (C=O) groups is 1. The fraction of sp³-hybridized carbons (Fsp3) is 0.727. The van der Waals surface area contributed by atoms with E-state index in [0.717, 1.165) is 26.2 Å². The highest BCUT2D eigenvalue weighted by Gasteiger charge is 2.09. The zero-order chi connectivity index (χ0) is 13.4. The van der Waals surface area contributed by atoms with Crippen LogP contribution >= 0.6 is 0 Å². The van der Waals surface area contributed by atoms with Crippen LogP contribution in [0.4, 0.5) is 0 Å². The zero-order valence-corrected chi connectivity index (χ0v) is 10.9. The van der Waals surface area contributed by atoms with Crippen molar-refractivity contribution in [2.24, 2.45) is 0 Å². The molecule has 0 spiro atoms. The van der Waals surface area contributed by atoms with Gasteiger partial charge in [-0.15, -0.1) is 5.10 Å². The molecule has 1 aromatic rings. The number of likely N-dealkylation sites (N-methyl/N-ethyl adjacent to an activating group) is 1. The van der Waals surface area contributed by atoms with Crippen molar-refractivity contribution in [3.05, 3.63) is 11.9 Å². The van der Waals surface area contributed by atoms with Crippen LogP contribution in [0.3, 0.4) is 0 Å². The number of aromatic nitrogens is 3. The molecule has 0 bridgehead atoms. The first kappa shape index (κ1) is 14.6. The number of ether oxygens (including phenoxy) is 1. The number of hydrogen-bond acceptors (Lipinski definition) is 5. The standard InChI is InChI=1S/C11H20N4O3/c1-3-14(7-8-18-4-2)5-6-15-9-10(11(16)17)12-13-15/h9H,3-8H2,1-2H3,(H,16,17). The zero-order valence-electron chi connectivity index (χ0n) is 10.9. The molecule has 18 heavy (non-hydrogen) atoms. The van der Waals surface area contributed by atoms with Gasteiger partial charge in [0.25, 0.3) is 0 Å². The molecular formula is C11H20N4O3. The third-order valence-corrected chi connectivity index (χ3v) is 2.61. The fourth-order valence-corrected chi connectivity index (χ4v) is 1.52. The molecule has 1 aromatic heterocycles. The van der Waals surface area contributed by atoms with Gasteiger partial charge in [-0.2, -0.15) is 0 Å². The summed E-state index contributed by atoms with van der Waals surface area (Å²) in [6.45, 7) is 8.70. The summed E-state index contributed by atoms with van der Waals surface area (Å²) in [6, 6.07) is 0. The second-order valence-electron chi connectivity index (χ2n) is 3.80. The molecule has 1 rings (SSSR count). The highest BCUT2D eigenvalue weighted by Crippen LogP contribution is 1.95. The van der Waals surface area contributed by atoms with Crippen LogP contribution in [0.5, 0.6) is 0 Å². The van der Waals surface area contributed by atoms with E-state index in [0.29, 0.717) is 13.2 Å². The van der Waals surface area contributed by atoms with Gasteiger partial charge in [0.05, 0.1) is 19.3 Å². The highest BCUT2D eigenvalue weighted by molar-refractivity contribution is 5.84. The highest BCUT2D eigenvalue weighted by atomic mass is 16.5. The van der Waals surface area contributed by atoms with E-state index in [4.69, 9.17) is 9.84 Å². The third-order valence-electron chi connectivity index (χ3n) is 2.61. The lowest BCUT2D eigenvalue weighted by Gasteiger charge is -2.19. The molecule has 7 nitrogen and oxygen atoms in total. The Bertz CT molecular complexity index is 367. The van der Waals surface area contributed by atoms with E-state index in [1.54, 1.807) is 4.68 Å². The van der Waals surface area contributed by atoms with Crippen molar-refractivity contribution < 1.29 is 14.6 Å². The van der Waals surface area contributed by atoms with Gasteiger partial charge in [0, 0.05) is 19.7 Å². The molecule has 0 aliphatic rings.